The molecule has 2 aliphatic rings. The fourth-order valence-electron chi connectivity index (χ4n) is 3.99. The van der Waals surface area contributed by atoms with E-state index >= 15 is 0 Å². The van der Waals surface area contributed by atoms with Gasteiger partial charge < -0.3 is 15.0 Å². The topological polar surface area (TPSA) is 84.4 Å². The first-order valence-corrected chi connectivity index (χ1v) is 9.90. The van der Waals surface area contributed by atoms with Crippen molar-refractivity contribution in [2.45, 2.75) is 57.5 Å². The van der Waals surface area contributed by atoms with Gasteiger partial charge in [0.15, 0.2) is 0 Å². The number of carbonyl (C=O) groups is 2. The molecule has 2 amide bonds. The van der Waals surface area contributed by atoms with Crippen molar-refractivity contribution in [2.75, 3.05) is 27.2 Å². The maximum absolute atomic E-state index is 12.5. The van der Waals surface area contributed by atoms with Crippen LogP contribution in [-0.2, 0) is 9.53 Å². The molecule has 7 heteroatoms. The molecule has 1 saturated carbocycles. The van der Waals surface area contributed by atoms with Crippen LogP contribution in [0.4, 0.5) is 0 Å². The summed E-state index contributed by atoms with van der Waals surface area (Å²) in [5, 5.41) is 3.05. The summed E-state index contributed by atoms with van der Waals surface area (Å²) < 4.78 is 5.43. The molecule has 27 heavy (non-hydrogen) atoms. The Hall–Kier alpha value is -2.02. The van der Waals surface area contributed by atoms with Crippen molar-refractivity contribution >= 4 is 11.8 Å². The smallest absolute Gasteiger partial charge is 0.256 e. The van der Waals surface area contributed by atoms with Gasteiger partial charge in [-0.05, 0) is 51.4 Å². The lowest BCUT2D eigenvalue weighted by molar-refractivity contribution is -0.130. The van der Waals surface area contributed by atoms with Gasteiger partial charge in [-0.2, -0.15) is 0 Å². The van der Waals surface area contributed by atoms with Gasteiger partial charge in [-0.1, -0.05) is 0 Å². The first-order valence-electron chi connectivity index (χ1n) is 9.90. The summed E-state index contributed by atoms with van der Waals surface area (Å²) >= 11 is 0. The van der Waals surface area contributed by atoms with Crippen LogP contribution in [0.15, 0.2) is 6.20 Å². The maximum Gasteiger partial charge on any atom is 0.256 e. The minimum Gasteiger partial charge on any atom is -0.368 e. The lowest BCUT2D eigenvalue weighted by atomic mass is 9.79. The highest BCUT2D eigenvalue weighted by atomic mass is 16.5. The lowest BCUT2D eigenvalue weighted by Crippen LogP contribution is -2.38. The van der Waals surface area contributed by atoms with Gasteiger partial charge in [0.25, 0.3) is 5.91 Å². The van der Waals surface area contributed by atoms with E-state index in [-0.39, 0.29) is 23.8 Å². The van der Waals surface area contributed by atoms with E-state index in [0.717, 1.165) is 44.2 Å². The molecule has 2 heterocycles. The molecule has 0 spiro atoms. The summed E-state index contributed by atoms with van der Waals surface area (Å²) in [6, 6.07) is 0. The van der Waals surface area contributed by atoms with Crippen molar-refractivity contribution in [2.24, 2.45) is 5.92 Å². The zero-order valence-corrected chi connectivity index (χ0v) is 16.5. The molecule has 1 saturated heterocycles. The number of nitrogens with one attached hydrogen (secondary N) is 1. The normalized spacial score (nSPS) is 25.2. The number of aryl methyl sites for hydroxylation is 1. The van der Waals surface area contributed by atoms with E-state index in [4.69, 9.17) is 4.74 Å². The Morgan fingerprint density at radius 1 is 1.22 bits per heavy atom. The minimum absolute atomic E-state index is 0.0277. The molecule has 7 nitrogen and oxygen atoms in total. The quantitative estimate of drug-likeness (QED) is 0.853. The standard InChI is InChI=1S/C20H30N4O3/c1-13-21-12-16(20(26)24(2)3)18(23-13)15-8-6-14(7-9-15)11-22-19(25)17-5-4-10-27-17/h12,14-15,17H,4-11H2,1-3H3,(H,22,25)/t14?,15?,17-/m0/s1. The predicted molar refractivity (Wildman–Crippen MR) is 101 cm³/mol. The number of aromatic nitrogens is 2. The van der Waals surface area contributed by atoms with Crippen LogP contribution in [0.2, 0.25) is 0 Å². The number of carbonyl (C=O) groups excluding carboxylic acids is 2. The molecule has 2 fully saturated rings. The number of amides is 2. The third kappa shape index (κ3) is 4.83. The Kier molecular flexibility index (Phi) is 6.42. The summed E-state index contributed by atoms with van der Waals surface area (Å²) in [5.74, 6) is 1.43. The number of hydrogen-bond acceptors (Lipinski definition) is 5. The third-order valence-electron chi connectivity index (χ3n) is 5.60. The van der Waals surface area contributed by atoms with Crippen molar-refractivity contribution in [3.63, 3.8) is 0 Å². The van der Waals surface area contributed by atoms with Crippen LogP contribution in [0.25, 0.3) is 0 Å². The summed E-state index contributed by atoms with van der Waals surface area (Å²) in [6.45, 7) is 3.26. The monoisotopic (exact) mass is 374 g/mol. The summed E-state index contributed by atoms with van der Waals surface area (Å²) in [7, 11) is 3.50. The highest BCUT2D eigenvalue weighted by molar-refractivity contribution is 5.94. The molecular weight excluding hydrogens is 344 g/mol. The zero-order valence-electron chi connectivity index (χ0n) is 16.5. The van der Waals surface area contributed by atoms with Crippen LogP contribution in [0.3, 0.4) is 0 Å². The molecule has 148 valence electrons. The van der Waals surface area contributed by atoms with Gasteiger partial charge in [0.2, 0.25) is 5.91 Å². The SMILES string of the molecule is Cc1ncc(C(=O)N(C)C)c(C2CCC(CNC(=O)[C@@H]3CCCO3)CC2)n1. The molecule has 1 aromatic heterocycles. The van der Waals surface area contributed by atoms with E-state index in [9.17, 15) is 9.59 Å². The van der Waals surface area contributed by atoms with Crippen LogP contribution in [0.5, 0.6) is 0 Å². The van der Waals surface area contributed by atoms with Gasteiger partial charge in [0.05, 0.1) is 11.3 Å². The molecule has 0 radical (unpaired) electrons. The van der Waals surface area contributed by atoms with E-state index < -0.39 is 0 Å². The third-order valence-corrected chi connectivity index (χ3v) is 5.60. The molecule has 3 rings (SSSR count). The van der Waals surface area contributed by atoms with Gasteiger partial charge in [0, 0.05) is 39.4 Å². The zero-order chi connectivity index (χ0) is 19.4. The van der Waals surface area contributed by atoms with E-state index in [1.807, 2.05) is 6.92 Å². The van der Waals surface area contributed by atoms with Gasteiger partial charge in [-0.25, -0.2) is 9.97 Å². The number of rotatable bonds is 5. The van der Waals surface area contributed by atoms with Gasteiger partial charge in [-0.3, -0.25) is 9.59 Å². The minimum atomic E-state index is -0.259. The number of hydrogen-bond donors (Lipinski definition) is 1. The van der Waals surface area contributed by atoms with Crippen molar-refractivity contribution in [1.82, 2.24) is 20.2 Å². The number of ether oxygens (including phenoxy) is 1. The fourth-order valence-corrected chi connectivity index (χ4v) is 3.99. The van der Waals surface area contributed by atoms with Crippen molar-refractivity contribution < 1.29 is 14.3 Å². The molecule has 0 bridgehead atoms. The Morgan fingerprint density at radius 2 is 1.96 bits per heavy atom. The molecule has 1 aliphatic carbocycles. The average Bonchev–Trinajstić information content (AvgIpc) is 3.21. The molecule has 0 aromatic carbocycles. The van der Waals surface area contributed by atoms with Crippen LogP contribution in [0.1, 0.15) is 66.3 Å². The second-order valence-corrected chi connectivity index (χ2v) is 7.88. The van der Waals surface area contributed by atoms with Crippen LogP contribution in [0, 0.1) is 12.8 Å². The van der Waals surface area contributed by atoms with Crippen molar-refractivity contribution in [1.29, 1.82) is 0 Å². The lowest BCUT2D eigenvalue weighted by Gasteiger charge is -2.29. The largest absolute Gasteiger partial charge is 0.368 e. The Balaban J connectivity index is 1.56. The van der Waals surface area contributed by atoms with Gasteiger partial charge in [-0.15, -0.1) is 0 Å². The van der Waals surface area contributed by atoms with E-state index in [1.165, 1.54) is 0 Å². The van der Waals surface area contributed by atoms with Crippen molar-refractivity contribution in [3.05, 3.63) is 23.3 Å². The second kappa shape index (κ2) is 8.78. The highest BCUT2D eigenvalue weighted by Crippen LogP contribution is 2.36. The Labute approximate surface area is 160 Å². The predicted octanol–water partition coefficient (Wildman–Crippen LogP) is 2.06. The molecule has 1 aromatic rings. The van der Waals surface area contributed by atoms with Crippen LogP contribution >= 0.6 is 0 Å². The van der Waals surface area contributed by atoms with Gasteiger partial charge >= 0.3 is 0 Å². The second-order valence-electron chi connectivity index (χ2n) is 7.88. The Morgan fingerprint density at radius 3 is 2.59 bits per heavy atom. The summed E-state index contributed by atoms with van der Waals surface area (Å²) in [5.41, 5.74) is 1.49. The average molecular weight is 374 g/mol. The van der Waals surface area contributed by atoms with E-state index in [2.05, 4.69) is 15.3 Å². The highest BCUT2D eigenvalue weighted by Gasteiger charge is 2.29. The van der Waals surface area contributed by atoms with E-state index in [1.54, 1.807) is 25.2 Å². The molecule has 0 unspecified atom stereocenters. The summed E-state index contributed by atoms with van der Waals surface area (Å²) in [6.07, 6.45) is 7.20. The van der Waals surface area contributed by atoms with Crippen LogP contribution < -0.4 is 5.32 Å². The first-order chi connectivity index (χ1) is 13.0. The van der Waals surface area contributed by atoms with Crippen LogP contribution in [-0.4, -0.2) is 60.0 Å². The van der Waals surface area contributed by atoms with Crippen molar-refractivity contribution in [3.8, 4) is 0 Å². The molecule has 1 atom stereocenters. The fraction of sp³-hybridized carbons (Fsp3) is 0.700. The van der Waals surface area contributed by atoms with E-state index in [0.29, 0.717) is 30.5 Å². The maximum atomic E-state index is 12.5. The Bertz CT molecular complexity index is 678. The van der Waals surface area contributed by atoms with Gasteiger partial charge in [0.1, 0.15) is 11.9 Å². The molecule has 1 aliphatic heterocycles. The number of nitrogens with zero attached hydrogens (tertiary/aromatic N) is 3. The molecule has 1 N–H and O–H groups in total. The summed E-state index contributed by atoms with van der Waals surface area (Å²) in [4.78, 5) is 35.0. The molecular formula is C20H30N4O3. The first kappa shape index (κ1) is 19.7.